The van der Waals surface area contributed by atoms with E-state index >= 15 is 0 Å². The minimum atomic E-state index is -3.42. The Hall–Kier alpha value is -0.390. The molecule has 0 heterocycles. The zero-order valence-corrected chi connectivity index (χ0v) is 15.1. The third-order valence-electron chi connectivity index (χ3n) is 4.36. The molecule has 2 rings (SSSR count). The lowest BCUT2D eigenvalue weighted by Gasteiger charge is -2.26. The molecule has 1 aromatic rings. The van der Waals surface area contributed by atoms with E-state index in [-0.39, 0.29) is 0 Å². The molecule has 118 valence electrons. The normalized spacial score (nSPS) is 23.2. The summed E-state index contributed by atoms with van der Waals surface area (Å²) in [6.45, 7) is 4.77. The van der Waals surface area contributed by atoms with Gasteiger partial charge in [0.1, 0.15) is 0 Å². The Balaban J connectivity index is 1.89. The van der Waals surface area contributed by atoms with Crippen LogP contribution in [0.15, 0.2) is 27.6 Å². The number of hydrogen-bond acceptors (Lipinski definition) is 2. The standard InChI is InChI=1S/C16H24BrNO2S/c1-12-3-6-14(7-4-12)9-10-18-21(19,20)16-8-5-13(2)11-15(16)17/h5,8,11-12,14,18H,3-4,6-7,9-10H2,1-2H3. The van der Waals surface area contributed by atoms with E-state index in [1.165, 1.54) is 25.7 Å². The van der Waals surface area contributed by atoms with E-state index < -0.39 is 10.0 Å². The summed E-state index contributed by atoms with van der Waals surface area (Å²) in [5, 5.41) is 0. The molecule has 0 aromatic heterocycles. The summed E-state index contributed by atoms with van der Waals surface area (Å²) in [4.78, 5) is 0.324. The van der Waals surface area contributed by atoms with Crippen molar-refractivity contribution in [3.63, 3.8) is 0 Å². The lowest BCUT2D eigenvalue weighted by atomic mass is 9.81. The van der Waals surface area contributed by atoms with Crippen LogP contribution >= 0.6 is 15.9 Å². The minimum Gasteiger partial charge on any atom is -0.211 e. The Bertz CT molecular complexity index is 578. The average Bonchev–Trinajstić information content (AvgIpc) is 2.40. The third kappa shape index (κ3) is 4.80. The Morgan fingerprint density at radius 3 is 2.52 bits per heavy atom. The van der Waals surface area contributed by atoms with Gasteiger partial charge >= 0.3 is 0 Å². The van der Waals surface area contributed by atoms with E-state index in [2.05, 4.69) is 27.6 Å². The van der Waals surface area contributed by atoms with Gasteiger partial charge in [0.15, 0.2) is 0 Å². The van der Waals surface area contributed by atoms with Gasteiger partial charge in [-0.25, -0.2) is 13.1 Å². The van der Waals surface area contributed by atoms with Crippen molar-refractivity contribution >= 4 is 26.0 Å². The van der Waals surface area contributed by atoms with Crippen molar-refractivity contribution in [1.82, 2.24) is 4.72 Å². The maximum Gasteiger partial charge on any atom is 0.241 e. The summed E-state index contributed by atoms with van der Waals surface area (Å²) in [5.74, 6) is 1.51. The van der Waals surface area contributed by atoms with Crippen LogP contribution in [0.1, 0.15) is 44.6 Å². The quantitative estimate of drug-likeness (QED) is 0.838. The van der Waals surface area contributed by atoms with Gasteiger partial charge in [-0.1, -0.05) is 38.7 Å². The molecule has 1 aliphatic carbocycles. The minimum absolute atomic E-state index is 0.324. The molecular formula is C16H24BrNO2S. The van der Waals surface area contributed by atoms with Crippen molar-refractivity contribution in [2.45, 2.75) is 50.8 Å². The summed E-state index contributed by atoms with van der Waals surface area (Å²) >= 11 is 3.34. The molecule has 1 aromatic carbocycles. The van der Waals surface area contributed by atoms with Crippen LogP contribution in [-0.2, 0) is 10.0 Å². The molecule has 3 nitrogen and oxygen atoms in total. The van der Waals surface area contributed by atoms with Crippen LogP contribution in [0.5, 0.6) is 0 Å². The first-order valence-corrected chi connectivity index (χ1v) is 9.92. The Morgan fingerprint density at radius 1 is 1.24 bits per heavy atom. The predicted molar refractivity (Wildman–Crippen MR) is 89.8 cm³/mol. The fourth-order valence-electron chi connectivity index (χ4n) is 2.92. The highest BCUT2D eigenvalue weighted by Crippen LogP contribution is 2.30. The highest BCUT2D eigenvalue weighted by atomic mass is 79.9. The van der Waals surface area contributed by atoms with Gasteiger partial charge in [0.2, 0.25) is 10.0 Å². The van der Waals surface area contributed by atoms with Crippen molar-refractivity contribution < 1.29 is 8.42 Å². The first-order valence-electron chi connectivity index (χ1n) is 7.64. The summed E-state index contributed by atoms with van der Waals surface area (Å²) < 4.78 is 28.0. The number of halogens is 1. The second kappa shape index (κ2) is 7.25. The van der Waals surface area contributed by atoms with Gasteiger partial charge in [0.05, 0.1) is 4.90 Å². The van der Waals surface area contributed by atoms with Crippen LogP contribution in [0.4, 0.5) is 0 Å². The molecule has 0 saturated heterocycles. The highest BCUT2D eigenvalue weighted by Gasteiger charge is 2.20. The number of aryl methyl sites for hydroxylation is 1. The molecule has 0 atom stereocenters. The Labute approximate surface area is 136 Å². The molecule has 0 spiro atoms. The van der Waals surface area contributed by atoms with Gasteiger partial charge in [-0.2, -0.15) is 0 Å². The fraction of sp³-hybridized carbons (Fsp3) is 0.625. The van der Waals surface area contributed by atoms with Crippen molar-refractivity contribution in [1.29, 1.82) is 0 Å². The molecule has 5 heteroatoms. The Kier molecular flexibility index (Phi) is 5.86. The van der Waals surface area contributed by atoms with Crippen LogP contribution in [0.3, 0.4) is 0 Å². The molecule has 1 saturated carbocycles. The average molecular weight is 374 g/mol. The van der Waals surface area contributed by atoms with Crippen LogP contribution in [0, 0.1) is 18.8 Å². The molecule has 0 aliphatic heterocycles. The molecule has 1 N–H and O–H groups in total. The van der Waals surface area contributed by atoms with Crippen molar-refractivity contribution in [3.05, 3.63) is 28.2 Å². The fourth-order valence-corrected chi connectivity index (χ4v) is 5.15. The van der Waals surface area contributed by atoms with Crippen LogP contribution < -0.4 is 4.72 Å². The Morgan fingerprint density at radius 2 is 1.90 bits per heavy atom. The lowest BCUT2D eigenvalue weighted by Crippen LogP contribution is -2.27. The summed E-state index contributed by atoms with van der Waals surface area (Å²) in [6, 6.07) is 5.31. The van der Waals surface area contributed by atoms with Gasteiger partial charge < -0.3 is 0 Å². The van der Waals surface area contributed by atoms with Crippen LogP contribution in [0.25, 0.3) is 0 Å². The van der Waals surface area contributed by atoms with E-state index in [0.29, 0.717) is 21.8 Å². The first-order chi connectivity index (χ1) is 9.88. The predicted octanol–water partition coefficient (Wildman–Crippen LogP) is 4.25. The van der Waals surface area contributed by atoms with Crippen molar-refractivity contribution in [3.8, 4) is 0 Å². The lowest BCUT2D eigenvalue weighted by molar-refractivity contribution is 0.278. The first kappa shape index (κ1) is 17.0. The molecule has 0 radical (unpaired) electrons. The van der Waals surface area contributed by atoms with Gasteiger partial charge in [-0.05, 0) is 58.8 Å². The van der Waals surface area contributed by atoms with Crippen LogP contribution in [-0.4, -0.2) is 15.0 Å². The van der Waals surface area contributed by atoms with Gasteiger partial charge in [0, 0.05) is 11.0 Å². The van der Waals surface area contributed by atoms with Crippen molar-refractivity contribution in [2.75, 3.05) is 6.54 Å². The second-order valence-corrected chi connectivity index (χ2v) is 8.84. The summed E-state index contributed by atoms with van der Waals surface area (Å²) in [5.41, 5.74) is 1.04. The zero-order chi connectivity index (χ0) is 15.5. The molecule has 1 fully saturated rings. The largest absolute Gasteiger partial charge is 0.241 e. The molecule has 21 heavy (non-hydrogen) atoms. The van der Waals surface area contributed by atoms with E-state index in [1.807, 2.05) is 19.1 Å². The SMILES string of the molecule is Cc1ccc(S(=O)(=O)NCCC2CCC(C)CC2)c(Br)c1. The third-order valence-corrected chi connectivity index (χ3v) is 6.79. The maximum absolute atomic E-state index is 12.3. The topological polar surface area (TPSA) is 46.2 Å². The monoisotopic (exact) mass is 373 g/mol. The summed E-state index contributed by atoms with van der Waals surface area (Å²) in [6.07, 6.45) is 5.96. The molecule has 0 amide bonds. The van der Waals surface area contributed by atoms with E-state index in [0.717, 1.165) is 17.9 Å². The van der Waals surface area contributed by atoms with Gasteiger partial charge in [-0.3, -0.25) is 0 Å². The number of hydrogen-bond donors (Lipinski definition) is 1. The maximum atomic E-state index is 12.3. The summed E-state index contributed by atoms with van der Waals surface area (Å²) in [7, 11) is -3.42. The molecule has 0 bridgehead atoms. The van der Waals surface area contributed by atoms with Crippen molar-refractivity contribution in [2.24, 2.45) is 11.8 Å². The van der Waals surface area contributed by atoms with Gasteiger partial charge in [-0.15, -0.1) is 0 Å². The highest BCUT2D eigenvalue weighted by molar-refractivity contribution is 9.10. The van der Waals surface area contributed by atoms with Crippen LogP contribution in [0.2, 0.25) is 0 Å². The smallest absolute Gasteiger partial charge is 0.211 e. The second-order valence-electron chi connectivity index (χ2n) is 6.25. The number of sulfonamides is 1. The van der Waals surface area contributed by atoms with Gasteiger partial charge in [0.25, 0.3) is 0 Å². The number of rotatable bonds is 5. The number of nitrogens with one attached hydrogen (secondary N) is 1. The van der Waals surface area contributed by atoms with E-state index in [1.54, 1.807) is 6.07 Å². The molecule has 1 aliphatic rings. The molecular weight excluding hydrogens is 350 g/mol. The van der Waals surface area contributed by atoms with E-state index in [4.69, 9.17) is 0 Å². The van der Waals surface area contributed by atoms with E-state index in [9.17, 15) is 8.42 Å². The molecule has 0 unspecified atom stereocenters. The number of benzene rings is 1. The zero-order valence-electron chi connectivity index (χ0n) is 12.7.